The van der Waals surface area contributed by atoms with Crippen LogP contribution in [0.1, 0.15) is 11.1 Å². The molecule has 1 aliphatic rings. The third-order valence-corrected chi connectivity index (χ3v) is 3.70. The first-order chi connectivity index (χ1) is 11.1. The third-order valence-electron chi connectivity index (χ3n) is 3.70. The maximum Gasteiger partial charge on any atom is 0.187 e. The number of carbonyl (C=O) groups excluding carboxylic acids is 1. The number of nitrogens with zero attached hydrogens (tertiary/aromatic N) is 2. The van der Waals surface area contributed by atoms with Crippen LogP contribution in [0.4, 0.5) is 4.39 Å². The summed E-state index contributed by atoms with van der Waals surface area (Å²) >= 11 is 0. The summed E-state index contributed by atoms with van der Waals surface area (Å²) in [7, 11) is 1.96. The lowest BCUT2D eigenvalue weighted by atomic mass is 9.95. The minimum absolute atomic E-state index is 0.0178. The molecule has 1 saturated heterocycles. The maximum absolute atomic E-state index is 13.3. The molecular formula is C19H17FN2O. The molecule has 3 nitrogen and oxygen atoms in total. The minimum Gasteiger partial charge on any atom is -0.298 e. The molecule has 4 heteroatoms. The number of rotatable bonds is 2. The second kappa shape index (κ2) is 6.67. The first kappa shape index (κ1) is 15.3. The molecule has 0 aliphatic carbocycles. The molecule has 0 atom stereocenters. The summed E-state index contributed by atoms with van der Waals surface area (Å²) in [6.07, 6.45) is 7.06. The Hall–Kier alpha value is -2.59. The number of Topliss-reactive ketones (excluding diaryl/α,β-unsaturated/α-hetero) is 1. The van der Waals surface area contributed by atoms with Crippen LogP contribution < -0.4 is 0 Å². The van der Waals surface area contributed by atoms with Gasteiger partial charge in [0.1, 0.15) is 5.82 Å². The van der Waals surface area contributed by atoms with Gasteiger partial charge in [-0.15, -0.1) is 0 Å². The number of pyridine rings is 1. The standard InChI is InChI=1S/C19H17FN2O/c1-22-12-16(9-14-5-7-21-8-6-14)19(23)17(13-22)10-15-3-2-4-18(20)11-15/h2-11H,12-13H2,1H3/b16-9?,17-10+. The Morgan fingerprint density at radius 1 is 1.04 bits per heavy atom. The summed E-state index contributed by atoms with van der Waals surface area (Å²) in [4.78, 5) is 18.7. The Morgan fingerprint density at radius 2 is 1.70 bits per heavy atom. The van der Waals surface area contributed by atoms with Crippen LogP contribution in [0.15, 0.2) is 59.9 Å². The fourth-order valence-corrected chi connectivity index (χ4v) is 2.67. The number of piperidine rings is 1. The van der Waals surface area contributed by atoms with Crippen LogP contribution in [0.25, 0.3) is 12.2 Å². The number of benzene rings is 1. The lowest BCUT2D eigenvalue weighted by molar-refractivity contribution is -0.113. The molecule has 23 heavy (non-hydrogen) atoms. The zero-order valence-electron chi connectivity index (χ0n) is 12.9. The second-order valence-electron chi connectivity index (χ2n) is 5.68. The van der Waals surface area contributed by atoms with Crippen molar-refractivity contribution in [2.45, 2.75) is 0 Å². The van der Waals surface area contributed by atoms with Crippen molar-refractivity contribution >= 4 is 17.9 Å². The highest BCUT2D eigenvalue weighted by Crippen LogP contribution is 2.21. The topological polar surface area (TPSA) is 33.2 Å². The van der Waals surface area contributed by atoms with Gasteiger partial charge in [-0.3, -0.25) is 14.7 Å². The lowest BCUT2D eigenvalue weighted by Gasteiger charge is -2.26. The Balaban J connectivity index is 1.93. The molecule has 0 N–H and O–H groups in total. The normalized spacial score (nSPS) is 19.5. The van der Waals surface area contributed by atoms with Crippen molar-refractivity contribution in [1.29, 1.82) is 0 Å². The molecule has 1 aliphatic heterocycles. The van der Waals surface area contributed by atoms with Crippen LogP contribution in [0.5, 0.6) is 0 Å². The van der Waals surface area contributed by atoms with Crippen LogP contribution >= 0.6 is 0 Å². The van der Waals surface area contributed by atoms with E-state index in [1.54, 1.807) is 30.6 Å². The van der Waals surface area contributed by atoms with Gasteiger partial charge >= 0.3 is 0 Å². The molecule has 0 unspecified atom stereocenters. The summed E-state index contributed by atoms with van der Waals surface area (Å²) in [6, 6.07) is 10.00. The van der Waals surface area contributed by atoms with Gasteiger partial charge in [0, 0.05) is 36.6 Å². The van der Waals surface area contributed by atoms with Crippen LogP contribution in [0, 0.1) is 5.82 Å². The van der Waals surface area contributed by atoms with E-state index in [1.165, 1.54) is 12.1 Å². The highest BCUT2D eigenvalue weighted by molar-refractivity contribution is 6.14. The Morgan fingerprint density at radius 3 is 2.35 bits per heavy atom. The van der Waals surface area contributed by atoms with Crippen molar-refractivity contribution in [3.05, 3.63) is 76.9 Å². The summed E-state index contributed by atoms with van der Waals surface area (Å²) in [5, 5.41) is 0. The van der Waals surface area contributed by atoms with Gasteiger partial charge in [0.15, 0.2) is 5.78 Å². The number of hydrogen-bond donors (Lipinski definition) is 0. The molecular weight excluding hydrogens is 291 g/mol. The number of ketones is 1. The lowest BCUT2D eigenvalue weighted by Crippen LogP contribution is -2.34. The fraction of sp³-hybridized carbons (Fsp3) is 0.158. The van der Waals surface area contributed by atoms with E-state index >= 15 is 0 Å². The predicted octanol–water partition coefficient (Wildman–Crippen LogP) is 3.20. The number of aromatic nitrogens is 1. The van der Waals surface area contributed by atoms with E-state index in [1.807, 2.05) is 25.3 Å². The van der Waals surface area contributed by atoms with Crippen LogP contribution in [-0.2, 0) is 4.79 Å². The first-order valence-electron chi connectivity index (χ1n) is 7.42. The summed E-state index contributed by atoms with van der Waals surface area (Å²) in [6.45, 7) is 1.16. The zero-order chi connectivity index (χ0) is 16.2. The molecule has 1 aromatic heterocycles. The SMILES string of the molecule is CN1CC(=Cc2ccncc2)C(=O)/C(=C/c2cccc(F)c2)C1. The largest absolute Gasteiger partial charge is 0.298 e. The molecule has 2 aromatic rings. The summed E-state index contributed by atoms with van der Waals surface area (Å²) in [5.41, 5.74) is 3.05. The van der Waals surface area contributed by atoms with Crippen molar-refractivity contribution < 1.29 is 9.18 Å². The van der Waals surface area contributed by atoms with Gasteiger partial charge in [-0.25, -0.2) is 4.39 Å². The average molecular weight is 308 g/mol. The van der Waals surface area contributed by atoms with Gasteiger partial charge in [-0.2, -0.15) is 0 Å². The van der Waals surface area contributed by atoms with E-state index in [2.05, 4.69) is 9.88 Å². The van der Waals surface area contributed by atoms with Gasteiger partial charge < -0.3 is 0 Å². The van der Waals surface area contributed by atoms with Crippen molar-refractivity contribution in [1.82, 2.24) is 9.88 Å². The highest BCUT2D eigenvalue weighted by atomic mass is 19.1. The number of hydrogen-bond acceptors (Lipinski definition) is 3. The molecule has 0 bridgehead atoms. The summed E-state index contributed by atoms with van der Waals surface area (Å²) < 4.78 is 13.3. The van der Waals surface area contributed by atoms with Gasteiger partial charge in [0.05, 0.1) is 0 Å². The van der Waals surface area contributed by atoms with Crippen molar-refractivity contribution in [2.24, 2.45) is 0 Å². The maximum atomic E-state index is 13.3. The number of halogens is 1. The van der Waals surface area contributed by atoms with E-state index in [0.29, 0.717) is 24.2 Å². The van der Waals surface area contributed by atoms with Crippen LogP contribution in [0.2, 0.25) is 0 Å². The summed E-state index contributed by atoms with van der Waals surface area (Å²) in [5.74, 6) is -0.285. The van der Waals surface area contributed by atoms with Crippen LogP contribution in [-0.4, -0.2) is 35.8 Å². The molecule has 0 spiro atoms. The van der Waals surface area contributed by atoms with Gasteiger partial charge in [-0.05, 0) is 54.6 Å². The zero-order valence-corrected chi connectivity index (χ0v) is 12.9. The van der Waals surface area contributed by atoms with Gasteiger partial charge in [-0.1, -0.05) is 12.1 Å². The van der Waals surface area contributed by atoms with E-state index in [4.69, 9.17) is 0 Å². The third kappa shape index (κ3) is 3.79. The highest BCUT2D eigenvalue weighted by Gasteiger charge is 2.23. The number of carbonyl (C=O) groups is 1. The number of likely N-dealkylation sites (N-methyl/N-ethyl adjacent to an activating group) is 1. The van der Waals surface area contributed by atoms with E-state index in [9.17, 15) is 9.18 Å². The van der Waals surface area contributed by atoms with Crippen molar-refractivity contribution in [3.63, 3.8) is 0 Å². The van der Waals surface area contributed by atoms with Gasteiger partial charge in [0.2, 0.25) is 0 Å². The average Bonchev–Trinajstić information content (AvgIpc) is 2.53. The monoisotopic (exact) mass is 308 g/mol. The molecule has 116 valence electrons. The molecule has 0 radical (unpaired) electrons. The Kier molecular flexibility index (Phi) is 4.44. The van der Waals surface area contributed by atoms with Gasteiger partial charge in [0.25, 0.3) is 0 Å². The number of likely N-dealkylation sites (tertiary alicyclic amines) is 1. The van der Waals surface area contributed by atoms with Crippen molar-refractivity contribution in [3.8, 4) is 0 Å². The fourth-order valence-electron chi connectivity index (χ4n) is 2.67. The molecule has 0 saturated carbocycles. The smallest absolute Gasteiger partial charge is 0.187 e. The molecule has 1 fully saturated rings. The molecule has 3 rings (SSSR count). The molecule has 2 heterocycles. The van der Waals surface area contributed by atoms with Crippen molar-refractivity contribution in [2.75, 3.05) is 20.1 Å². The van der Waals surface area contributed by atoms with E-state index < -0.39 is 0 Å². The van der Waals surface area contributed by atoms with E-state index in [0.717, 1.165) is 11.1 Å². The first-order valence-corrected chi connectivity index (χ1v) is 7.42. The van der Waals surface area contributed by atoms with E-state index in [-0.39, 0.29) is 11.6 Å². The predicted molar refractivity (Wildman–Crippen MR) is 89.1 cm³/mol. The van der Waals surface area contributed by atoms with Crippen LogP contribution in [0.3, 0.4) is 0 Å². The Bertz CT molecular complexity index is 781. The molecule has 1 aromatic carbocycles. The minimum atomic E-state index is -0.302. The Labute approximate surface area is 134 Å². The quantitative estimate of drug-likeness (QED) is 0.799. The second-order valence-corrected chi connectivity index (χ2v) is 5.68. The molecule has 0 amide bonds.